The molecular formula is C10H19N3. The number of nitrogens with two attached hydrogens (primary N) is 1. The molecule has 0 saturated heterocycles. The van der Waals surface area contributed by atoms with E-state index in [1.165, 1.54) is 5.69 Å². The van der Waals surface area contributed by atoms with Crippen molar-refractivity contribution < 1.29 is 0 Å². The molecule has 0 bridgehead atoms. The Hall–Kier alpha value is -0.830. The van der Waals surface area contributed by atoms with Crippen molar-refractivity contribution >= 4 is 0 Å². The van der Waals surface area contributed by atoms with Crippen LogP contribution in [0, 0.1) is 0 Å². The average molecular weight is 181 g/mol. The highest BCUT2D eigenvalue weighted by Gasteiger charge is 2.36. The molecule has 0 aliphatic carbocycles. The fraction of sp³-hybridized carbons (Fsp3) is 0.700. The molecular weight excluding hydrogens is 162 g/mol. The second-order valence-corrected chi connectivity index (χ2v) is 4.74. The molecule has 74 valence electrons. The van der Waals surface area contributed by atoms with Crippen LogP contribution in [0.2, 0.25) is 0 Å². The Kier molecular flexibility index (Phi) is 2.24. The minimum atomic E-state index is -0.249. The molecule has 0 radical (unpaired) electrons. The molecule has 1 aromatic heterocycles. The number of aryl methyl sites for hydroxylation is 1. The highest BCUT2D eigenvalue weighted by molar-refractivity contribution is 5.18. The molecule has 0 amide bonds. The first-order valence-corrected chi connectivity index (χ1v) is 4.52. The van der Waals surface area contributed by atoms with Crippen LogP contribution in [0.15, 0.2) is 12.5 Å². The van der Waals surface area contributed by atoms with E-state index in [4.69, 9.17) is 5.73 Å². The van der Waals surface area contributed by atoms with Crippen molar-refractivity contribution in [2.75, 3.05) is 0 Å². The van der Waals surface area contributed by atoms with Crippen LogP contribution in [0.3, 0.4) is 0 Å². The van der Waals surface area contributed by atoms with Crippen LogP contribution in [0.25, 0.3) is 0 Å². The summed E-state index contributed by atoms with van der Waals surface area (Å²) in [5, 5.41) is 0. The summed E-state index contributed by atoms with van der Waals surface area (Å²) >= 11 is 0. The first-order valence-electron chi connectivity index (χ1n) is 4.52. The number of hydrogen-bond donors (Lipinski definition) is 1. The quantitative estimate of drug-likeness (QED) is 0.750. The van der Waals surface area contributed by atoms with Crippen LogP contribution in [-0.2, 0) is 12.5 Å². The third kappa shape index (κ3) is 1.61. The number of nitrogens with zero attached hydrogens (tertiary/aromatic N) is 2. The Morgan fingerprint density at radius 2 is 1.85 bits per heavy atom. The monoisotopic (exact) mass is 181 g/mol. The molecule has 0 atom stereocenters. The first-order chi connectivity index (χ1) is 5.77. The van der Waals surface area contributed by atoms with E-state index in [1.54, 1.807) is 0 Å². The zero-order valence-electron chi connectivity index (χ0n) is 9.13. The van der Waals surface area contributed by atoms with Crippen molar-refractivity contribution in [2.45, 2.75) is 38.6 Å². The Balaban J connectivity index is 3.15. The molecule has 13 heavy (non-hydrogen) atoms. The van der Waals surface area contributed by atoms with Gasteiger partial charge in [0.1, 0.15) is 0 Å². The second-order valence-electron chi connectivity index (χ2n) is 4.74. The van der Waals surface area contributed by atoms with Gasteiger partial charge in [0.15, 0.2) is 0 Å². The fourth-order valence-corrected chi connectivity index (χ4v) is 1.29. The summed E-state index contributed by atoms with van der Waals surface area (Å²) in [5.41, 5.74) is 6.98. The van der Waals surface area contributed by atoms with Gasteiger partial charge in [0, 0.05) is 29.9 Å². The molecule has 0 aliphatic rings. The van der Waals surface area contributed by atoms with Gasteiger partial charge in [-0.3, -0.25) is 0 Å². The first kappa shape index (κ1) is 10.3. The summed E-state index contributed by atoms with van der Waals surface area (Å²) in [4.78, 5) is 4.11. The van der Waals surface area contributed by atoms with E-state index in [9.17, 15) is 0 Å². The normalized spacial score (nSPS) is 13.4. The molecule has 1 rings (SSSR count). The lowest BCUT2D eigenvalue weighted by molar-refractivity contribution is 0.293. The topological polar surface area (TPSA) is 43.8 Å². The zero-order valence-corrected chi connectivity index (χ0v) is 9.13. The van der Waals surface area contributed by atoms with Gasteiger partial charge in [0.25, 0.3) is 0 Å². The SMILES string of the molecule is Cn1cncc1C(C)(C)C(C)(C)N. The molecule has 3 nitrogen and oxygen atoms in total. The number of hydrogen-bond acceptors (Lipinski definition) is 2. The number of aromatic nitrogens is 2. The maximum Gasteiger partial charge on any atom is 0.0945 e. The van der Waals surface area contributed by atoms with Gasteiger partial charge in [0.05, 0.1) is 6.33 Å². The van der Waals surface area contributed by atoms with Crippen molar-refractivity contribution in [3.05, 3.63) is 18.2 Å². The van der Waals surface area contributed by atoms with E-state index in [0.29, 0.717) is 0 Å². The van der Waals surface area contributed by atoms with Crippen molar-refractivity contribution in [2.24, 2.45) is 12.8 Å². The van der Waals surface area contributed by atoms with Crippen LogP contribution in [0.4, 0.5) is 0 Å². The summed E-state index contributed by atoms with van der Waals surface area (Å²) < 4.78 is 2.02. The third-order valence-electron chi connectivity index (χ3n) is 3.07. The standard InChI is InChI=1S/C10H19N3/c1-9(2,10(3,4)11)8-6-12-7-13(8)5/h6-7H,11H2,1-5H3. The molecule has 1 heterocycles. The van der Waals surface area contributed by atoms with Crippen LogP contribution >= 0.6 is 0 Å². The molecule has 0 spiro atoms. The lowest BCUT2D eigenvalue weighted by Gasteiger charge is -2.38. The molecule has 3 heteroatoms. The summed E-state index contributed by atoms with van der Waals surface area (Å²) in [7, 11) is 2.00. The predicted octanol–water partition coefficient (Wildman–Crippen LogP) is 1.43. The van der Waals surface area contributed by atoms with Gasteiger partial charge in [-0.2, -0.15) is 0 Å². The summed E-state index contributed by atoms with van der Waals surface area (Å²) in [6.45, 7) is 8.37. The Morgan fingerprint density at radius 3 is 2.15 bits per heavy atom. The van der Waals surface area contributed by atoms with E-state index in [-0.39, 0.29) is 11.0 Å². The van der Waals surface area contributed by atoms with Gasteiger partial charge in [-0.25, -0.2) is 4.98 Å². The van der Waals surface area contributed by atoms with Crippen LogP contribution < -0.4 is 5.73 Å². The van der Waals surface area contributed by atoms with Gasteiger partial charge in [0.2, 0.25) is 0 Å². The van der Waals surface area contributed by atoms with E-state index >= 15 is 0 Å². The van der Waals surface area contributed by atoms with Crippen molar-refractivity contribution in [1.29, 1.82) is 0 Å². The summed E-state index contributed by atoms with van der Waals surface area (Å²) in [6.07, 6.45) is 3.69. The Morgan fingerprint density at radius 1 is 1.31 bits per heavy atom. The van der Waals surface area contributed by atoms with Gasteiger partial charge in [-0.05, 0) is 13.8 Å². The second kappa shape index (κ2) is 2.84. The third-order valence-corrected chi connectivity index (χ3v) is 3.07. The largest absolute Gasteiger partial charge is 0.337 e. The van der Waals surface area contributed by atoms with E-state index < -0.39 is 0 Å². The van der Waals surface area contributed by atoms with Gasteiger partial charge >= 0.3 is 0 Å². The van der Waals surface area contributed by atoms with Crippen molar-refractivity contribution in [3.63, 3.8) is 0 Å². The Bertz CT molecular complexity index is 291. The molecule has 0 fully saturated rings. The lowest BCUT2D eigenvalue weighted by atomic mass is 9.73. The maximum atomic E-state index is 6.13. The number of rotatable bonds is 2. The summed E-state index contributed by atoms with van der Waals surface area (Å²) in [6, 6.07) is 0. The maximum absolute atomic E-state index is 6.13. The molecule has 0 saturated carbocycles. The van der Waals surface area contributed by atoms with Crippen molar-refractivity contribution in [1.82, 2.24) is 9.55 Å². The fourth-order valence-electron chi connectivity index (χ4n) is 1.29. The Labute approximate surface area is 80.0 Å². The van der Waals surface area contributed by atoms with Crippen LogP contribution in [0.5, 0.6) is 0 Å². The molecule has 1 aromatic rings. The van der Waals surface area contributed by atoms with E-state index in [1.807, 2.05) is 38.0 Å². The molecule has 2 N–H and O–H groups in total. The van der Waals surface area contributed by atoms with Crippen molar-refractivity contribution in [3.8, 4) is 0 Å². The minimum absolute atomic E-state index is 0.0712. The van der Waals surface area contributed by atoms with E-state index in [0.717, 1.165) is 0 Å². The van der Waals surface area contributed by atoms with Crippen LogP contribution in [-0.4, -0.2) is 15.1 Å². The summed E-state index contributed by atoms with van der Waals surface area (Å²) in [5.74, 6) is 0. The predicted molar refractivity (Wildman–Crippen MR) is 54.5 cm³/mol. The smallest absolute Gasteiger partial charge is 0.0945 e. The minimum Gasteiger partial charge on any atom is -0.337 e. The van der Waals surface area contributed by atoms with Gasteiger partial charge < -0.3 is 10.3 Å². The molecule has 0 aromatic carbocycles. The van der Waals surface area contributed by atoms with Gasteiger partial charge in [-0.1, -0.05) is 13.8 Å². The van der Waals surface area contributed by atoms with E-state index in [2.05, 4.69) is 18.8 Å². The average Bonchev–Trinajstić information content (AvgIpc) is 2.32. The highest BCUT2D eigenvalue weighted by atomic mass is 15.0. The highest BCUT2D eigenvalue weighted by Crippen LogP contribution is 2.32. The van der Waals surface area contributed by atoms with Crippen LogP contribution in [0.1, 0.15) is 33.4 Å². The molecule has 0 aliphatic heterocycles. The van der Waals surface area contributed by atoms with Gasteiger partial charge in [-0.15, -0.1) is 0 Å². The zero-order chi connectivity index (χ0) is 10.3. The molecule has 0 unspecified atom stereocenters. The lowest BCUT2D eigenvalue weighted by Crippen LogP contribution is -2.51. The number of imidazole rings is 1.